The molecule has 1 atom stereocenters. The Morgan fingerprint density at radius 1 is 1.35 bits per heavy atom. The highest BCUT2D eigenvalue weighted by Crippen LogP contribution is 2.22. The Labute approximate surface area is 103 Å². The van der Waals surface area contributed by atoms with Crippen molar-refractivity contribution in [3.63, 3.8) is 0 Å². The Hall–Kier alpha value is -1.09. The van der Waals surface area contributed by atoms with E-state index in [1.54, 1.807) is 6.07 Å². The van der Waals surface area contributed by atoms with Crippen molar-refractivity contribution in [2.45, 2.75) is 32.7 Å². The van der Waals surface area contributed by atoms with Crippen LogP contribution >= 0.6 is 0 Å². The van der Waals surface area contributed by atoms with Crippen molar-refractivity contribution in [1.82, 2.24) is 5.32 Å². The third-order valence-electron chi connectivity index (χ3n) is 3.67. The molecule has 3 heteroatoms. The molecule has 0 aliphatic carbocycles. The molecule has 1 aromatic carbocycles. The zero-order valence-corrected chi connectivity index (χ0v) is 10.6. The maximum absolute atomic E-state index is 13.2. The third kappa shape index (κ3) is 3.19. The van der Waals surface area contributed by atoms with Crippen molar-refractivity contribution in [3.8, 4) is 0 Å². The number of piperidine rings is 1. The number of anilines is 1. The molecule has 1 aromatic rings. The van der Waals surface area contributed by atoms with Crippen LogP contribution in [0.2, 0.25) is 0 Å². The van der Waals surface area contributed by atoms with E-state index in [2.05, 4.69) is 17.6 Å². The van der Waals surface area contributed by atoms with Crippen LogP contribution in [0, 0.1) is 18.7 Å². The molecular formula is C14H21FN2. The maximum atomic E-state index is 13.2. The second-order valence-corrected chi connectivity index (χ2v) is 4.98. The Balaban J connectivity index is 2.01. The van der Waals surface area contributed by atoms with Crippen molar-refractivity contribution in [2.75, 3.05) is 18.4 Å². The fraction of sp³-hybridized carbons (Fsp3) is 0.571. The number of aryl methyl sites for hydroxylation is 1. The summed E-state index contributed by atoms with van der Waals surface area (Å²) in [4.78, 5) is 0. The number of halogens is 1. The first-order chi connectivity index (χ1) is 8.16. The second kappa shape index (κ2) is 5.50. The SMILES string of the molecule is Cc1ccc(F)cc1NC(C)C1CCNCC1. The van der Waals surface area contributed by atoms with Gasteiger partial charge in [0.05, 0.1) is 0 Å². The Morgan fingerprint density at radius 3 is 2.76 bits per heavy atom. The van der Waals surface area contributed by atoms with Gasteiger partial charge in [-0.15, -0.1) is 0 Å². The zero-order chi connectivity index (χ0) is 12.3. The molecule has 0 bridgehead atoms. The minimum Gasteiger partial charge on any atom is -0.382 e. The summed E-state index contributed by atoms with van der Waals surface area (Å²) in [5.74, 6) is 0.509. The molecule has 2 N–H and O–H groups in total. The Morgan fingerprint density at radius 2 is 2.06 bits per heavy atom. The molecule has 0 aromatic heterocycles. The van der Waals surface area contributed by atoms with Crippen molar-refractivity contribution in [1.29, 1.82) is 0 Å². The monoisotopic (exact) mass is 236 g/mol. The van der Waals surface area contributed by atoms with Crippen LogP contribution in [0.5, 0.6) is 0 Å². The van der Waals surface area contributed by atoms with Gasteiger partial charge in [-0.2, -0.15) is 0 Å². The predicted octanol–water partition coefficient (Wildman–Crippen LogP) is 2.93. The molecular weight excluding hydrogens is 215 g/mol. The Bertz CT molecular complexity index is 372. The minimum atomic E-state index is -0.171. The molecule has 94 valence electrons. The molecule has 0 radical (unpaired) electrons. The van der Waals surface area contributed by atoms with E-state index in [9.17, 15) is 4.39 Å². The van der Waals surface area contributed by atoms with Crippen LogP contribution in [-0.2, 0) is 0 Å². The van der Waals surface area contributed by atoms with Crippen molar-refractivity contribution < 1.29 is 4.39 Å². The summed E-state index contributed by atoms with van der Waals surface area (Å²) < 4.78 is 13.2. The number of hydrogen-bond donors (Lipinski definition) is 2. The second-order valence-electron chi connectivity index (χ2n) is 4.98. The first-order valence-electron chi connectivity index (χ1n) is 6.40. The Kier molecular flexibility index (Phi) is 4.00. The molecule has 2 rings (SSSR count). The first kappa shape index (κ1) is 12.4. The molecule has 1 aliphatic rings. The quantitative estimate of drug-likeness (QED) is 0.843. The fourth-order valence-corrected chi connectivity index (χ4v) is 2.46. The van der Waals surface area contributed by atoms with Crippen molar-refractivity contribution in [2.24, 2.45) is 5.92 Å². The first-order valence-corrected chi connectivity index (χ1v) is 6.40. The normalized spacial score (nSPS) is 19.0. The maximum Gasteiger partial charge on any atom is 0.125 e. The molecule has 17 heavy (non-hydrogen) atoms. The van der Waals surface area contributed by atoms with Gasteiger partial charge in [0.2, 0.25) is 0 Å². The molecule has 1 aliphatic heterocycles. The summed E-state index contributed by atoms with van der Waals surface area (Å²) in [7, 11) is 0. The topological polar surface area (TPSA) is 24.1 Å². The lowest BCUT2D eigenvalue weighted by atomic mass is 9.91. The molecule has 1 unspecified atom stereocenters. The number of hydrogen-bond acceptors (Lipinski definition) is 2. The van der Waals surface area contributed by atoms with Gasteiger partial charge in [-0.05, 0) is 63.4 Å². The van der Waals surface area contributed by atoms with Gasteiger partial charge in [-0.25, -0.2) is 4.39 Å². The predicted molar refractivity (Wildman–Crippen MR) is 69.8 cm³/mol. The molecule has 0 saturated carbocycles. The van der Waals surface area contributed by atoms with E-state index in [1.807, 2.05) is 13.0 Å². The van der Waals surface area contributed by atoms with E-state index < -0.39 is 0 Å². The fourth-order valence-electron chi connectivity index (χ4n) is 2.46. The smallest absolute Gasteiger partial charge is 0.125 e. The summed E-state index contributed by atoms with van der Waals surface area (Å²) in [5.41, 5.74) is 2.03. The van der Waals surface area contributed by atoms with Crippen LogP contribution in [0.25, 0.3) is 0 Å². The van der Waals surface area contributed by atoms with Gasteiger partial charge in [-0.1, -0.05) is 6.07 Å². The molecule has 2 nitrogen and oxygen atoms in total. The zero-order valence-electron chi connectivity index (χ0n) is 10.6. The van der Waals surface area contributed by atoms with E-state index in [0.29, 0.717) is 12.0 Å². The summed E-state index contributed by atoms with van der Waals surface area (Å²) in [6.07, 6.45) is 2.39. The van der Waals surface area contributed by atoms with E-state index in [0.717, 1.165) is 24.3 Å². The van der Waals surface area contributed by atoms with Gasteiger partial charge < -0.3 is 10.6 Å². The van der Waals surface area contributed by atoms with Crippen LogP contribution in [0.4, 0.5) is 10.1 Å². The molecule has 0 spiro atoms. The average molecular weight is 236 g/mol. The van der Waals surface area contributed by atoms with Crippen LogP contribution in [0.1, 0.15) is 25.3 Å². The van der Waals surface area contributed by atoms with Crippen LogP contribution in [-0.4, -0.2) is 19.1 Å². The van der Waals surface area contributed by atoms with E-state index in [-0.39, 0.29) is 5.82 Å². The molecule has 1 heterocycles. The minimum absolute atomic E-state index is 0.171. The average Bonchev–Trinajstić information content (AvgIpc) is 2.35. The highest BCUT2D eigenvalue weighted by molar-refractivity contribution is 5.51. The lowest BCUT2D eigenvalue weighted by molar-refractivity contribution is 0.343. The van der Waals surface area contributed by atoms with Crippen LogP contribution < -0.4 is 10.6 Å². The van der Waals surface area contributed by atoms with Gasteiger partial charge >= 0.3 is 0 Å². The summed E-state index contributed by atoms with van der Waals surface area (Å²) in [6.45, 7) is 6.40. The van der Waals surface area contributed by atoms with Crippen molar-refractivity contribution >= 4 is 5.69 Å². The van der Waals surface area contributed by atoms with Gasteiger partial charge in [-0.3, -0.25) is 0 Å². The number of nitrogens with one attached hydrogen (secondary N) is 2. The van der Waals surface area contributed by atoms with Gasteiger partial charge in [0.15, 0.2) is 0 Å². The van der Waals surface area contributed by atoms with E-state index in [1.165, 1.54) is 18.9 Å². The van der Waals surface area contributed by atoms with Crippen molar-refractivity contribution in [3.05, 3.63) is 29.6 Å². The van der Waals surface area contributed by atoms with Crippen LogP contribution in [0.15, 0.2) is 18.2 Å². The van der Waals surface area contributed by atoms with E-state index >= 15 is 0 Å². The van der Waals surface area contributed by atoms with E-state index in [4.69, 9.17) is 0 Å². The largest absolute Gasteiger partial charge is 0.382 e. The standard InChI is InChI=1S/C14H21FN2/c1-10-3-4-13(15)9-14(10)17-11(2)12-5-7-16-8-6-12/h3-4,9,11-12,16-17H,5-8H2,1-2H3. The molecule has 0 amide bonds. The number of rotatable bonds is 3. The summed E-state index contributed by atoms with van der Waals surface area (Å²) >= 11 is 0. The highest BCUT2D eigenvalue weighted by atomic mass is 19.1. The molecule has 1 fully saturated rings. The lowest BCUT2D eigenvalue weighted by Crippen LogP contribution is -2.36. The van der Waals surface area contributed by atoms with Gasteiger partial charge in [0, 0.05) is 11.7 Å². The number of benzene rings is 1. The van der Waals surface area contributed by atoms with Gasteiger partial charge in [0.1, 0.15) is 5.82 Å². The van der Waals surface area contributed by atoms with Gasteiger partial charge in [0.25, 0.3) is 0 Å². The third-order valence-corrected chi connectivity index (χ3v) is 3.67. The summed E-state index contributed by atoms with van der Waals surface area (Å²) in [5, 5.41) is 6.82. The summed E-state index contributed by atoms with van der Waals surface area (Å²) in [6, 6.07) is 5.33. The lowest BCUT2D eigenvalue weighted by Gasteiger charge is -2.30. The van der Waals surface area contributed by atoms with Crippen LogP contribution in [0.3, 0.4) is 0 Å². The molecule has 1 saturated heterocycles. The highest BCUT2D eigenvalue weighted by Gasteiger charge is 2.20.